The van der Waals surface area contributed by atoms with Gasteiger partial charge in [-0.3, -0.25) is 4.79 Å². The van der Waals surface area contributed by atoms with Gasteiger partial charge in [0.25, 0.3) is 0 Å². The molecule has 5 nitrogen and oxygen atoms in total. The number of hydrazone groups is 1. The minimum Gasteiger partial charge on any atom is -0.451 e. The lowest BCUT2D eigenvalue weighted by atomic mass is 10.2. The second-order valence-electron chi connectivity index (χ2n) is 7.17. The molecular weight excluding hydrogens is 410 g/mol. The van der Waals surface area contributed by atoms with Crippen molar-refractivity contribution in [1.29, 1.82) is 0 Å². The van der Waals surface area contributed by atoms with Gasteiger partial charge in [-0.05, 0) is 29.8 Å². The number of rotatable bonds is 5. The maximum absolute atomic E-state index is 12.4. The number of furan rings is 1. The minimum atomic E-state index is -0.396. The average Bonchev–Trinajstić information content (AvgIpc) is 3.37. The molecule has 1 amide bonds. The molecule has 0 aliphatic rings. The van der Waals surface area contributed by atoms with Gasteiger partial charge in [0.1, 0.15) is 5.58 Å². The highest BCUT2D eigenvalue weighted by Crippen LogP contribution is 2.24. The van der Waals surface area contributed by atoms with Crippen molar-refractivity contribution in [2.75, 3.05) is 0 Å². The predicted octanol–water partition coefficient (Wildman–Crippen LogP) is 5.85. The van der Waals surface area contributed by atoms with Crippen molar-refractivity contribution in [3.05, 3.63) is 107 Å². The molecule has 0 aliphatic heterocycles. The normalized spacial score (nSPS) is 11.5. The molecule has 0 radical (unpaired) electrons. The topological polar surface area (TPSA) is 59.5 Å². The lowest BCUT2D eigenvalue weighted by molar-refractivity contribution is 0.0929. The van der Waals surface area contributed by atoms with E-state index in [0.717, 1.165) is 32.4 Å². The summed E-state index contributed by atoms with van der Waals surface area (Å²) < 4.78 is 7.71. The third-order valence-corrected chi connectivity index (χ3v) is 5.51. The summed E-state index contributed by atoms with van der Waals surface area (Å²) in [6, 6.07) is 25.0. The molecule has 2 aromatic heterocycles. The van der Waals surface area contributed by atoms with Gasteiger partial charge < -0.3 is 8.98 Å². The van der Waals surface area contributed by atoms with E-state index < -0.39 is 5.91 Å². The summed E-state index contributed by atoms with van der Waals surface area (Å²) in [6.07, 6.45) is 3.65. The molecule has 0 saturated carbocycles. The molecule has 0 bridgehead atoms. The number of hydrogen-bond acceptors (Lipinski definition) is 3. The summed E-state index contributed by atoms with van der Waals surface area (Å²) in [5.74, 6) is -0.174. The Bertz CT molecular complexity index is 1400. The third kappa shape index (κ3) is 3.83. The highest BCUT2D eigenvalue weighted by atomic mass is 35.5. The van der Waals surface area contributed by atoms with Gasteiger partial charge in [0.2, 0.25) is 0 Å². The van der Waals surface area contributed by atoms with Crippen LogP contribution in [-0.2, 0) is 6.54 Å². The Balaban J connectivity index is 1.39. The fourth-order valence-electron chi connectivity index (χ4n) is 3.63. The second-order valence-corrected chi connectivity index (χ2v) is 7.58. The number of aromatic nitrogens is 1. The fourth-order valence-corrected chi connectivity index (χ4v) is 3.82. The van der Waals surface area contributed by atoms with Crippen molar-refractivity contribution in [3.8, 4) is 0 Å². The van der Waals surface area contributed by atoms with Crippen molar-refractivity contribution in [2.24, 2.45) is 5.10 Å². The summed E-state index contributed by atoms with van der Waals surface area (Å²) in [5.41, 5.74) is 6.21. The molecule has 0 unspecified atom stereocenters. The number of para-hydroxylation sites is 2. The number of benzene rings is 3. The van der Waals surface area contributed by atoms with Crippen molar-refractivity contribution in [2.45, 2.75) is 6.54 Å². The molecular formula is C25H18ClN3O2. The number of carbonyl (C=O) groups excluding carboxylic acids is 1. The van der Waals surface area contributed by atoms with Crippen molar-refractivity contribution in [3.63, 3.8) is 0 Å². The molecule has 5 rings (SSSR count). The Morgan fingerprint density at radius 3 is 2.68 bits per heavy atom. The highest BCUT2D eigenvalue weighted by Gasteiger charge is 2.12. The van der Waals surface area contributed by atoms with Gasteiger partial charge >= 0.3 is 5.91 Å². The average molecular weight is 428 g/mol. The largest absolute Gasteiger partial charge is 0.451 e. The van der Waals surface area contributed by atoms with Crippen LogP contribution in [0.15, 0.2) is 94.6 Å². The number of nitrogens with zero attached hydrogens (tertiary/aromatic N) is 2. The maximum Gasteiger partial charge on any atom is 0.307 e. The monoisotopic (exact) mass is 427 g/mol. The van der Waals surface area contributed by atoms with Gasteiger partial charge in [-0.2, -0.15) is 5.10 Å². The van der Waals surface area contributed by atoms with Crippen LogP contribution in [0.2, 0.25) is 5.02 Å². The smallest absolute Gasteiger partial charge is 0.307 e. The Labute approximate surface area is 183 Å². The van der Waals surface area contributed by atoms with E-state index in [2.05, 4.69) is 21.2 Å². The first-order valence-electron chi connectivity index (χ1n) is 9.82. The molecule has 2 heterocycles. The molecule has 152 valence electrons. The molecule has 5 aromatic rings. The van der Waals surface area contributed by atoms with Gasteiger partial charge in [0.15, 0.2) is 5.76 Å². The van der Waals surface area contributed by atoms with E-state index in [1.54, 1.807) is 12.3 Å². The number of fused-ring (bicyclic) bond motifs is 2. The molecule has 0 fully saturated rings. The van der Waals surface area contributed by atoms with Crippen molar-refractivity contribution >= 4 is 45.6 Å². The van der Waals surface area contributed by atoms with Crippen LogP contribution in [0.4, 0.5) is 0 Å². The van der Waals surface area contributed by atoms with E-state index in [1.165, 1.54) is 0 Å². The van der Waals surface area contributed by atoms with Crippen LogP contribution in [-0.4, -0.2) is 16.7 Å². The van der Waals surface area contributed by atoms with E-state index in [-0.39, 0.29) is 5.76 Å². The molecule has 0 spiro atoms. The summed E-state index contributed by atoms with van der Waals surface area (Å²) in [4.78, 5) is 12.4. The Hall–Kier alpha value is -3.83. The fraction of sp³-hybridized carbons (Fsp3) is 0.0400. The summed E-state index contributed by atoms with van der Waals surface area (Å²) in [7, 11) is 0. The van der Waals surface area contributed by atoms with Gasteiger partial charge in [-0.1, -0.05) is 66.2 Å². The number of carbonyl (C=O) groups is 1. The SMILES string of the molecule is O=C(N/N=C/c1cn(Cc2ccccc2Cl)c2ccccc12)c1cc2ccccc2o1. The molecule has 0 saturated heterocycles. The first kappa shape index (κ1) is 19.2. The lowest BCUT2D eigenvalue weighted by Gasteiger charge is -2.07. The quantitative estimate of drug-likeness (QED) is 0.282. The standard InChI is InChI=1S/C25H18ClN3O2/c26-21-10-4-1-8-18(21)15-29-16-19(20-9-3-5-11-22(20)29)14-27-28-25(30)24-13-17-7-2-6-12-23(17)31-24/h1-14,16H,15H2,(H,28,30)/b27-14+. The van der Waals surface area contributed by atoms with Gasteiger partial charge in [-0.25, -0.2) is 5.43 Å². The molecule has 0 atom stereocenters. The zero-order chi connectivity index (χ0) is 21.2. The maximum atomic E-state index is 12.4. The third-order valence-electron chi connectivity index (χ3n) is 5.14. The van der Waals surface area contributed by atoms with Gasteiger partial charge in [-0.15, -0.1) is 0 Å². The summed E-state index contributed by atoms with van der Waals surface area (Å²) >= 11 is 6.34. The van der Waals surface area contributed by atoms with Crippen LogP contribution < -0.4 is 5.43 Å². The first-order chi connectivity index (χ1) is 15.2. The number of amides is 1. The summed E-state index contributed by atoms with van der Waals surface area (Å²) in [5, 5.41) is 6.79. The lowest BCUT2D eigenvalue weighted by Crippen LogP contribution is -2.16. The minimum absolute atomic E-state index is 0.222. The zero-order valence-corrected chi connectivity index (χ0v) is 17.2. The van der Waals surface area contributed by atoms with E-state index in [4.69, 9.17) is 16.0 Å². The number of nitrogens with one attached hydrogen (secondary N) is 1. The molecule has 3 aromatic carbocycles. The van der Waals surface area contributed by atoms with Crippen molar-refractivity contribution < 1.29 is 9.21 Å². The van der Waals surface area contributed by atoms with E-state index in [1.807, 2.05) is 72.9 Å². The Morgan fingerprint density at radius 1 is 1.03 bits per heavy atom. The zero-order valence-electron chi connectivity index (χ0n) is 16.5. The van der Waals surface area contributed by atoms with Crippen LogP contribution in [0, 0.1) is 0 Å². The van der Waals surface area contributed by atoms with Gasteiger partial charge in [0, 0.05) is 39.6 Å². The molecule has 1 N–H and O–H groups in total. The van der Waals surface area contributed by atoms with E-state index in [0.29, 0.717) is 12.1 Å². The number of hydrogen-bond donors (Lipinski definition) is 1. The van der Waals surface area contributed by atoms with Crippen LogP contribution in [0.1, 0.15) is 21.7 Å². The molecule has 31 heavy (non-hydrogen) atoms. The van der Waals surface area contributed by atoms with Crippen LogP contribution in [0.5, 0.6) is 0 Å². The molecule has 0 aliphatic carbocycles. The number of halogens is 1. The molecule has 6 heteroatoms. The Morgan fingerprint density at radius 2 is 1.81 bits per heavy atom. The second kappa shape index (κ2) is 8.13. The van der Waals surface area contributed by atoms with E-state index >= 15 is 0 Å². The van der Waals surface area contributed by atoms with Crippen LogP contribution >= 0.6 is 11.6 Å². The first-order valence-corrected chi connectivity index (χ1v) is 10.2. The van der Waals surface area contributed by atoms with Crippen LogP contribution in [0.25, 0.3) is 21.9 Å². The summed E-state index contributed by atoms with van der Waals surface area (Å²) in [6.45, 7) is 0.638. The van der Waals surface area contributed by atoms with Crippen LogP contribution in [0.3, 0.4) is 0 Å². The highest BCUT2D eigenvalue weighted by molar-refractivity contribution is 6.31. The predicted molar refractivity (Wildman–Crippen MR) is 124 cm³/mol. The van der Waals surface area contributed by atoms with E-state index in [9.17, 15) is 4.79 Å². The van der Waals surface area contributed by atoms with Gasteiger partial charge in [0.05, 0.1) is 6.21 Å². The Kier molecular flexibility index (Phi) is 5.02. The van der Waals surface area contributed by atoms with Crippen molar-refractivity contribution in [1.82, 2.24) is 9.99 Å².